The van der Waals surface area contributed by atoms with Gasteiger partial charge in [0.25, 0.3) is 0 Å². The number of hydrogen-bond donors (Lipinski definition) is 3. The van der Waals surface area contributed by atoms with Gasteiger partial charge in [0.15, 0.2) is 0 Å². The van der Waals surface area contributed by atoms with Crippen LogP contribution >= 0.6 is 0 Å². The Morgan fingerprint density at radius 1 is 1.09 bits per heavy atom. The van der Waals surface area contributed by atoms with Crippen LogP contribution in [0.5, 0.6) is 0 Å². The quantitative estimate of drug-likeness (QED) is 0.429. The van der Waals surface area contributed by atoms with Crippen molar-refractivity contribution >= 4 is 23.6 Å². The Balaban J connectivity index is 1.49. The zero-order valence-electron chi connectivity index (χ0n) is 18.8. The van der Waals surface area contributed by atoms with Gasteiger partial charge in [-0.2, -0.15) is 0 Å². The summed E-state index contributed by atoms with van der Waals surface area (Å²) in [7, 11) is 0. The van der Waals surface area contributed by atoms with E-state index in [-0.39, 0.29) is 30.8 Å². The van der Waals surface area contributed by atoms with Crippen molar-refractivity contribution in [3.63, 3.8) is 0 Å². The molecular formula is C25H32N4O4. The number of carbonyl (C=O) groups excluding carboxylic acids is 2. The number of nitrogen functional groups attached to an aromatic ring is 1. The van der Waals surface area contributed by atoms with E-state index in [1.165, 1.54) is 0 Å². The molecule has 1 aromatic carbocycles. The van der Waals surface area contributed by atoms with E-state index in [0.717, 1.165) is 24.1 Å². The van der Waals surface area contributed by atoms with Crippen LogP contribution in [0.25, 0.3) is 0 Å². The van der Waals surface area contributed by atoms with E-state index in [1.807, 2.05) is 42.5 Å². The van der Waals surface area contributed by atoms with E-state index in [1.54, 1.807) is 11.0 Å². The van der Waals surface area contributed by atoms with Gasteiger partial charge in [-0.15, -0.1) is 0 Å². The molecular weight excluding hydrogens is 420 g/mol. The van der Waals surface area contributed by atoms with E-state index in [2.05, 4.69) is 10.3 Å². The molecule has 1 heterocycles. The number of anilines is 1. The van der Waals surface area contributed by atoms with Crippen LogP contribution in [0.3, 0.4) is 0 Å². The van der Waals surface area contributed by atoms with Gasteiger partial charge in [0.1, 0.15) is 5.82 Å². The SMILES string of the molecule is Nc1cccc(CCCC(=O)N(CC(=O)N[C@H](CCc2ccccc2)CC(=O)O)C2CC2)n1. The van der Waals surface area contributed by atoms with Crippen molar-refractivity contribution in [3.8, 4) is 0 Å². The Kier molecular flexibility index (Phi) is 8.80. The van der Waals surface area contributed by atoms with Gasteiger partial charge < -0.3 is 21.1 Å². The highest BCUT2D eigenvalue weighted by molar-refractivity contribution is 5.85. The first kappa shape index (κ1) is 24.2. The van der Waals surface area contributed by atoms with Crippen LogP contribution in [0.2, 0.25) is 0 Å². The lowest BCUT2D eigenvalue weighted by atomic mass is 10.0. The molecule has 1 aliphatic rings. The highest BCUT2D eigenvalue weighted by Crippen LogP contribution is 2.27. The highest BCUT2D eigenvalue weighted by atomic mass is 16.4. The first-order valence-corrected chi connectivity index (χ1v) is 11.5. The van der Waals surface area contributed by atoms with Crippen LogP contribution in [-0.4, -0.2) is 51.4 Å². The third-order valence-corrected chi connectivity index (χ3v) is 5.68. The minimum Gasteiger partial charge on any atom is -0.481 e. The van der Waals surface area contributed by atoms with Gasteiger partial charge in [-0.1, -0.05) is 36.4 Å². The van der Waals surface area contributed by atoms with Gasteiger partial charge >= 0.3 is 5.97 Å². The van der Waals surface area contributed by atoms with Crippen molar-refractivity contribution in [1.29, 1.82) is 0 Å². The number of hydrogen-bond acceptors (Lipinski definition) is 5. The number of aliphatic carboxylic acids is 1. The summed E-state index contributed by atoms with van der Waals surface area (Å²) in [6.07, 6.45) is 4.41. The maximum absolute atomic E-state index is 12.8. The number of benzene rings is 1. The van der Waals surface area contributed by atoms with Gasteiger partial charge in [-0.3, -0.25) is 14.4 Å². The molecule has 1 aromatic heterocycles. The van der Waals surface area contributed by atoms with Crippen molar-refractivity contribution in [3.05, 3.63) is 59.8 Å². The standard InChI is InChI=1S/C25H32N4O4/c26-22-10-4-8-19(27-22)9-5-11-24(31)29(21-14-15-21)17-23(30)28-20(16-25(32)33)13-12-18-6-2-1-3-7-18/h1-4,6-8,10,20-21H,5,9,11-17H2,(H2,26,27)(H,28,30)(H,32,33)/t20-/m1/s1. The van der Waals surface area contributed by atoms with Crippen LogP contribution in [0, 0.1) is 0 Å². The molecule has 0 radical (unpaired) electrons. The molecule has 33 heavy (non-hydrogen) atoms. The van der Waals surface area contributed by atoms with Gasteiger partial charge in [-0.25, -0.2) is 4.98 Å². The largest absolute Gasteiger partial charge is 0.481 e. The average molecular weight is 453 g/mol. The van der Waals surface area contributed by atoms with E-state index < -0.39 is 12.0 Å². The molecule has 0 aliphatic heterocycles. The summed E-state index contributed by atoms with van der Waals surface area (Å²) in [4.78, 5) is 42.7. The first-order chi connectivity index (χ1) is 15.9. The third kappa shape index (κ3) is 8.56. The van der Waals surface area contributed by atoms with Crippen LogP contribution in [0.15, 0.2) is 48.5 Å². The summed E-state index contributed by atoms with van der Waals surface area (Å²) in [5.41, 5.74) is 7.63. The predicted molar refractivity (Wildman–Crippen MR) is 125 cm³/mol. The maximum atomic E-state index is 12.8. The molecule has 0 bridgehead atoms. The number of nitrogens with one attached hydrogen (secondary N) is 1. The minimum absolute atomic E-state index is 0.0402. The highest BCUT2D eigenvalue weighted by Gasteiger charge is 2.33. The second kappa shape index (κ2) is 12.0. The van der Waals surface area contributed by atoms with Gasteiger partial charge in [0.2, 0.25) is 11.8 Å². The summed E-state index contributed by atoms with van der Waals surface area (Å²) < 4.78 is 0. The molecule has 2 amide bonds. The number of carboxylic acids is 1. The van der Waals surface area contributed by atoms with E-state index >= 15 is 0 Å². The number of aromatic nitrogens is 1. The number of aryl methyl sites for hydroxylation is 2. The molecule has 0 spiro atoms. The fourth-order valence-electron chi connectivity index (χ4n) is 3.86. The number of rotatable bonds is 13. The molecule has 8 nitrogen and oxygen atoms in total. The van der Waals surface area contributed by atoms with Crippen LogP contribution in [0.1, 0.15) is 49.8 Å². The zero-order chi connectivity index (χ0) is 23.6. The Morgan fingerprint density at radius 3 is 2.52 bits per heavy atom. The van der Waals surface area contributed by atoms with Crippen molar-refractivity contribution in [1.82, 2.24) is 15.2 Å². The fourth-order valence-corrected chi connectivity index (χ4v) is 3.86. The van der Waals surface area contributed by atoms with Gasteiger partial charge in [0, 0.05) is 24.2 Å². The van der Waals surface area contributed by atoms with E-state index in [9.17, 15) is 19.5 Å². The topological polar surface area (TPSA) is 126 Å². The summed E-state index contributed by atoms with van der Waals surface area (Å²) in [5, 5.41) is 12.1. The van der Waals surface area contributed by atoms with Crippen LogP contribution in [-0.2, 0) is 27.2 Å². The van der Waals surface area contributed by atoms with Crippen molar-refractivity contribution < 1.29 is 19.5 Å². The number of amides is 2. The van der Waals surface area contributed by atoms with Crippen LogP contribution in [0.4, 0.5) is 5.82 Å². The second-order valence-corrected chi connectivity index (χ2v) is 8.55. The molecule has 4 N–H and O–H groups in total. The number of nitrogens with zero attached hydrogens (tertiary/aromatic N) is 2. The molecule has 1 aliphatic carbocycles. The van der Waals surface area contributed by atoms with E-state index in [0.29, 0.717) is 37.9 Å². The molecule has 1 saturated carbocycles. The lowest BCUT2D eigenvalue weighted by molar-refractivity contribution is -0.139. The smallest absolute Gasteiger partial charge is 0.305 e. The molecule has 8 heteroatoms. The Bertz CT molecular complexity index is 946. The molecule has 176 valence electrons. The molecule has 2 aromatic rings. The minimum atomic E-state index is -0.960. The molecule has 1 atom stereocenters. The Labute approximate surface area is 194 Å². The summed E-state index contributed by atoms with van der Waals surface area (Å²) in [6.45, 7) is -0.0402. The first-order valence-electron chi connectivity index (χ1n) is 11.5. The fraction of sp³-hybridized carbons (Fsp3) is 0.440. The maximum Gasteiger partial charge on any atom is 0.305 e. The average Bonchev–Trinajstić information content (AvgIpc) is 3.61. The lowest BCUT2D eigenvalue weighted by Crippen LogP contribution is -2.45. The molecule has 1 fully saturated rings. The Hall–Kier alpha value is -3.42. The third-order valence-electron chi connectivity index (χ3n) is 5.68. The number of pyridine rings is 1. The van der Waals surface area contributed by atoms with Crippen LogP contribution < -0.4 is 11.1 Å². The van der Waals surface area contributed by atoms with Gasteiger partial charge in [0.05, 0.1) is 13.0 Å². The van der Waals surface area contributed by atoms with Gasteiger partial charge in [-0.05, 0) is 56.2 Å². The molecule has 0 saturated heterocycles. The molecule has 3 rings (SSSR count). The summed E-state index contributed by atoms with van der Waals surface area (Å²) >= 11 is 0. The number of nitrogens with two attached hydrogens (primary N) is 1. The lowest BCUT2D eigenvalue weighted by Gasteiger charge is -2.24. The zero-order valence-corrected chi connectivity index (χ0v) is 18.8. The monoisotopic (exact) mass is 452 g/mol. The number of carbonyl (C=O) groups is 3. The normalized spacial score (nSPS) is 13.8. The van der Waals surface area contributed by atoms with Crippen molar-refractivity contribution in [2.75, 3.05) is 12.3 Å². The second-order valence-electron chi connectivity index (χ2n) is 8.55. The van der Waals surface area contributed by atoms with Crippen molar-refractivity contribution in [2.24, 2.45) is 0 Å². The molecule has 0 unspecified atom stereocenters. The van der Waals surface area contributed by atoms with Crippen molar-refractivity contribution in [2.45, 2.75) is 63.5 Å². The summed E-state index contributed by atoms with van der Waals surface area (Å²) in [5.74, 6) is -0.875. The van der Waals surface area contributed by atoms with E-state index in [4.69, 9.17) is 5.73 Å². The predicted octanol–water partition coefficient (Wildman–Crippen LogP) is 2.57. The summed E-state index contributed by atoms with van der Waals surface area (Å²) in [6, 6.07) is 14.8. The Morgan fingerprint density at radius 2 is 1.85 bits per heavy atom. The number of carboxylic acid groups (broad SMARTS) is 1.